The van der Waals surface area contributed by atoms with E-state index in [1.54, 1.807) is 14.2 Å². The van der Waals surface area contributed by atoms with Crippen LogP contribution in [0.4, 0.5) is 0 Å². The summed E-state index contributed by atoms with van der Waals surface area (Å²) in [5.74, 6) is 0.139. The Morgan fingerprint density at radius 1 is 1.42 bits per heavy atom. The molecule has 1 amide bonds. The Morgan fingerprint density at radius 3 is 2.63 bits per heavy atom. The predicted octanol–water partition coefficient (Wildman–Crippen LogP) is 1.28. The molecule has 0 spiro atoms. The maximum absolute atomic E-state index is 12.0. The molecule has 1 heterocycles. The monoisotopic (exact) mass is 266 g/mol. The molecule has 0 radical (unpaired) electrons. The van der Waals surface area contributed by atoms with E-state index in [1.807, 2.05) is 0 Å². The van der Waals surface area contributed by atoms with Crippen LogP contribution in [0, 0.1) is 0 Å². The summed E-state index contributed by atoms with van der Waals surface area (Å²) >= 11 is 0. The molecule has 1 aromatic rings. The van der Waals surface area contributed by atoms with Gasteiger partial charge in [0.05, 0.1) is 5.60 Å². The van der Waals surface area contributed by atoms with Crippen molar-refractivity contribution in [3.63, 3.8) is 0 Å². The first-order valence-corrected chi connectivity index (χ1v) is 6.84. The van der Waals surface area contributed by atoms with Gasteiger partial charge in [0.2, 0.25) is 5.82 Å². The van der Waals surface area contributed by atoms with E-state index in [1.165, 1.54) is 23.9 Å². The molecule has 106 valence electrons. The normalized spacial score (nSPS) is 18.8. The Bertz CT molecular complexity index is 422. The van der Waals surface area contributed by atoms with Gasteiger partial charge in [-0.15, -0.1) is 0 Å². The van der Waals surface area contributed by atoms with Gasteiger partial charge in [0.25, 0.3) is 5.91 Å². The number of aryl methyl sites for hydroxylation is 1. The number of hydrogen-bond acceptors (Lipinski definition) is 4. The summed E-state index contributed by atoms with van der Waals surface area (Å²) in [5, 5.41) is 6.83. The van der Waals surface area contributed by atoms with E-state index < -0.39 is 0 Å². The van der Waals surface area contributed by atoms with Crippen molar-refractivity contribution >= 4 is 5.91 Å². The SMILES string of the molecule is COC1(CNC(=O)c2ncnn2C)CCCCCC1. The molecule has 6 heteroatoms. The van der Waals surface area contributed by atoms with Gasteiger partial charge in [-0.3, -0.25) is 4.79 Å². The molecule has 1 aliphatic rings. The molecule has 2 rings (SSSR count). The number of ether oxygens (including phenoxy) is 1. The van der Waals surface area contributed by atoms with Crippen LogP contribution in [0.15, 0.2) is 6.33 Å². The summed E-state index contributed by atoms with van der Waals surface area (Å²) in [6, 6.07) is 0. The zero-order valence-corrected chi connectivity index (χ0v) is 11.7. The van der Waals surface area contributed by atoms with Crippen LogP contribution < -0.4 is 5.32 Å². The minimum Gasteiger partial charge on any atom is -0.376 e. The van der Waals surface area contributed by atoms with E-state index >= 15 is 0 Å². The fourth-order valence-corrected chi connectivity index (χ4v) is 2.65. The highest BCUT2D eigenvalue weighted by Crippen LogP contribution is 2.29. The van der Waals surface area contributed by atoms with Gasteiger partial charge in [-0.2, -0.15) is 5.10 Å². The molecule has 19 heavy (non-hydrogen) atoms. The van der Waals surface area contributed by atoms with Crippen molar-refractivity contribution in [2.24, 2.45) is 7.05 Å². The molecular formula is C13H22N4O2. The number of carbonyl (C=O) groups excluding carboxylic acids is 1. The Hall–Kier alpha value is -1.43. The van der Waals surface area contributed by atoms with Crippen LogP contribution in [0.2, 0.25) is 0 Å². The van der Waals surface area contributed by atoms with Crippen LogP contribution in [0.1, 0.15) is 49.1 Å². The minimum absolute atomic E-state index is 0.194. The van der Waals surface area contributed by atoms with E-state index in [0.717, 1.165) is 25.7 Å². The van der Waals surface area contributed by atoms with Gasteiger partial charge in [-0.05, 0) is 12.8 Å². The molecule has 0 bridgehead atoms. The first-order valence-electron chi connectivity index (χ1n) is 6.84. The van der Waals surface area contributed by atoms with Crippen LogP contribution in [-0.4, -0.2) is 39.9 Å². The predicted molar refractivity (Wildman–Crippen MR) is 70.8 cm³/mol. The number of nitrogens with zero attached hydrogens (tertiary/aromatic N) is 3. The van der Waals surface area contributed by atoms with Gasteiger partial charge in [-0.25, -0.2) is 9.67 Å². The van der Waals surface area contributed by atoms with Crippen molar-refractivity contribution in [1.82, 2.24) is 20.1 Å². The number of nitrogens with one attached hydrogen (secondary N) is 1. The third-order valence-electron chi connectivity index (χ3n) is 3.93. The van der Waals surface area contributed by atoms with Gasteiger partial charge in [0.15, 0.2) is 0 Å². The number of methoxy groups -OCH3 is 1. The topological polar surface area (TPSA) is 69.0 Å². The summed E-state index contributed by atoms with van der Waals surface area (Å²) in [7, 11) is 3.44. The molecule has 1 saturated carbocycles. The first-order chi connectivity index (χ1) is 9.17. The van der Waals surface area contributed by atoms with Gasteiger partial charge >= 0.3 is 0 Å². The van der Waals surface area contributed by atoms with E-state index in [2.05, 4.69) is 15.4 Å². The average Bonchev–Trinajstić information content (AvgIpc) is 2.72. The van der Waals surface area contributed by atoms with Crippen molar-refractivity contribution in [1.29, 1.82) is 0 Å². The van der Waals surface area contributed by atoms with Crippen LogP contribution in [0.3, 0.4) is 0 Å². The average molecular weight is 266 g/mol. The zero-order valence-electron chi connectivity index (χ0n) is 11.7. The van der Waals surface area contributed by atoms with E-state index in [-0.39, 0.29) is 11.5 Å². The Kier molecular flexibility index (Phi) is 4.52. The van der Waals surface area contributed by atoms with Crippen molar-refractivity contribution in [3.05, 3.63) is 12.2 Å². The summed E-state index contributed by atoms with van der Waals surface area (Å²) in [6.07, 6.45) is 8.21. The number of hydrogen-bond donors (Lipinski definition) is 1. The Balaban J connectivity index is 1.96. The van der Waals surface area contributed by atoms with E-state index in [9.17, 15) is 4.79 Å². The van der Waals surface area contributed by atoms with E-state index in [0.29, 0.717) is 12.4 Å². The molecule has 1 fully saturated rings. The molecule has 0 unspecified atom stereocenters. The van der Waals surface area contributed by atoms with Crippen LogP contribution in [0.5, 0.6) is 0 Å². The highest BCUT2D eigenvalue weighted by molar-refractivity contribution is 5.90. The molecular weight excluding hydrogens is 244 g/mol. The summed E-state index contributed by atoms with van der Waals surface area (Å²) in [4.78, 5) is 16.0. The third-order valence-corrected chi connectivity index (χ3v) is 3.93. The number of rotatable bonds is 4. The van der Waals surface area contributed by atoms with Gasteiger partial charge in [0, 0.05) is 20.7 Å². The maximum Gasteiger partial charge on any atom is 0.288 e. The number of aromatic nitrogens is 3. The maximum atomic E-state index is 12.0. The molecule has 1 aliphatic carbocycles. The Morgan fingerprint density at radius 2 is 2.11 bits per heavy atom. The van der Waals surface area contributed by atoms with Crippen molar-refractivity contribution in [2.45, 2.75) is 44.1 Å². The van der Waals surface area contributed by atoms with Gasteiger partial charge < -0.3 is 10.1 Å². The summed E-state index contributed by atoms with van der Waals surface area (Å²) in [6.45, 7) is 0.537. The first kappa shape index (κ1) is 14.0. The molecule has 0 saturated heterocycles. The van der Waals surface area contributed by atoms with Crippen LogP contribution in [0.25, 0.3) is 0 Å². The van der Waals surface area contributed by atoms with E-state index in [4.69, 9.17) is 4.74 Å². The second-order valence-corrected chi connectivity index (χ2v) is 5.19. The van der Waals surface area contributed by atoms with Crippen molar-refractivity contribution in [2.75, 3.05) is 13.7 Å². The Labute approximate surface area is 113 Å². The smallest absolute Gasteiger partial charge is 0.288 e. The fourth-order valence-electron chi connectivity index (χ4n) is 2.65. The fraction of sp³-hybridized carbons (Fsp3) is 0.769. The lowest BCUT2D eigenvalue weighted by Gasteiger charge is -2.31. The van der Waals surface area contributed by atoms with Crippen LogP contribution >= 0.6 is 0 Å². The summed E-state index contributed by atoms with van der Waals surface area (Å²) < 4.78 is 7.17. The molecule has 1 aromatic heterocycles. The summed E-state index contributed by atoms with van der Waals surface area (Å²) in [5.41, 5.74) is -0.218. The van der Waals surface area contributed by atoms with Gasteiger partial charge in [0.1, 0.15) is 6.33 Å². The quantitative estimate of drug-likeness (QED) is 0.834. The second kappa shape index (κ2) is 6.14. The molecule has 6 nitrogen and oxygen atoms in total. The van der Waals surface area contributed by atoms with Crippen LogP contribution in [-0.2, 0) is 11.8 Å². The third kappa shape index (κ3) is 3.32. The molecule has 0 aliphatic heterocycles. The number of amides is 1. The zero-order chi connectivity index (χ0) is 13.7. The number of carbonyl (C=O) groups is 1. The standard InChI is InChI=1S/C13H22N4O2/c1-17-11(15-10-16-17)12(18)14-9-13(19-2)7-5-3-4-6-8-13/h10H,3-9H2,1-2H3,(H,14,18). The lowest BCUT2D eigenvalue weighted by Crippen LogP contribution is -2.44. The lowest BCUT2D eigenvalue weighted by molar-refractivity contribution is -0.0205. The highest BCUT2D eigenvalue weighted by atomic mass is 16.5. The highest BCUT2D eigenvalue weighted by Gasteiger charge is 2.31. The molecule has 1 N–H and O–H groups in total. The van der Waals surface area contributed by atoms with Crippen molar-refractivity contribution < 1.29 is 9.53 Å². The lowest BCUT2D eigenvalue weighted by atomic mass is 9.94. The molecule has 0 aromatic carbocycles. The minimum atomic E-state index is -0.218. The second-order valence-electron chi connectivity index (χ2n) is 5.19. The van der Waals surface area contributed by atoms with Gasteiger partial charge in [-0.1, -0.05) is 25.7 Å². The van der Waals surface area contributed by atoms with Crippen molar-refractivity contribution in [3.8, 4) is 0 Å². The molecule has 0 atom stereocenters. The largest absolute Gasteiger partial charge is 0.376 e.